The van der Waals surface area contributed by atoms with E-state index >= 15 is 0 Å². The molecule has 0 saturated carbocycles. The first kappa shape index (κ1) is 26.9. The number of benzene rings is 3. The Labute approximate surface area is 239 Å². The Balaban J connectivity index is 1.62. The lowest BCUT2D eigenvalue weighted by Gasteiger charge is -2.25. The zero-order chi connectivity index (χ0) is 27.5. The molecule has 1 aliphatic heterocycles. The highest BCUT2D eigenvalue weighted by Crippen LogP contribution is 2.34. The van der Waals surface area contributed by atoms with Gasteiger partial charge in [-0.15, -0.1) is 0 Å². The Hall–Kier alpha value is -3.65. The van der Waals surface area contributed by atoms with Crippen LogP contribution in [0.1, 0.15) is 36.6 Å². The predicted octanol–water partition coefficient (Wildman–Crippen LogP) is 5.68. The molecule has 198 valence electrons. The van der Waals surface area contributed by atoms with E-state index in [4.69, 9.17) is 32.7 Å². The van der Waals surface area contributed by atoms with Crippen LogP contribution < -0.4 is 19.6 Å². The van der Waals surface area contributed by atoms with Crippen molar-refractivity contribution in [3.05, 3.63) is 130 Å². The number of fused-ring (bicyclic) bond motifs is 1. The van der Waals surface area contributed by atoms with Crippen molar-refractivity contribution in [2.75, 3.05) is 6.61 Å². The highest BCUT2D eigenvalue weighted by Gasteiger charge is 2.34. The Morgan fingerprint density at radius 1 is 1.03 bits per heavy atom. The van der Waals surface area contributed by atoms with Gasteiger partial charge in [0.2, 0.25) is 0 Å². The number of allylic oxidation sites excluding steroid dienone is 1. The van der Waals surface area contributed by atoms with Crippen molar-refractivity contribution >= 4 is 46.6 Å². The summed E-state index contributed by atoms with van der Waals surface area (Å²) in [5.74, 6) is 0.0746. The van der Waals surface area contributed by atoms with Crippen LogP contribution in [0.2, 0.25) is 10.0 Å². The Bertz CT molecular complexity index is 1770. The zero-order valence-corrected chi connectivity index (χ0v) is 23.5. The van der Waals surface area contributed by atoms with Crippen LogP contribution in [0.25, 0.3) is 6.08 Å². The van der Waals surface area contributed by atoms with Crippen LogP contribution in [0, 0.1) is 0 Å². The van der Waals surface area contributed by atoms with Crippen molar-refractivity contribution in [2.45, 2.75) is 26.5 Å². The largest absolute Gasteiger partial charge is 0.488 e. The summed E-state index contributed by atoms with van der Waals surface area (Å²) < 4.78 is 13.4. The third-order valence-corrected chi connectivity index (χ3v) is 7.96. The van der Waals surface area contributed by atoms with Gasteiger partial charge in [0.15, 0.2) is 4.80 Å². The lowest BCUT2D eigenvalue weighted by molar-refractivity contribution is -0.139. The number of para-hydroxylation sites is 1. The van der Waals surface area contributed by atoms with E-state index in [9.17, 15) is 9.59 Å². The zero-order valence-electron chi connectivity index (χ0n) is 21.2. The minimum atomic E-state index is -0.775. The van der Waals surface area contributed by atoms with Crippen molar-refractivity contribution < 1.29 is 14.3 Å². The van der Waals surface area contributed by atoms with E-state index in [0.29, 0.717) is 36.4 Å². The fourth-order valence-corrected chi connectivity index (χ4v) is 5.89. The summed E-state index contributed by atoms with van der Waals surface area (Å²) >= 11 is 14.1. The van der Waals surface area contributed by atoms with Crippen LogP contribution in [0.5, 0.6) is 5.75 Å². The van der Waals surface area contributed by atoms with Crippen LogP contribution in [-0.4, -0.2) is 17.1 Å². The molecule has 5 rings (SSSR count). The molecule has 1 atom stereocenters. The quantitative estimate of drug-likeness (QED) is 0.264. The standard InChI is InChI=1S/C30H24Cl2N2O4S/c1-3-37-29(36)26-18(2)33-30-34(27(26)21-12-6-8-14-23(21)32)28(35)25(39-30)16-19-10-5-9-15-24(19)38-17-20-11-4-7-13-22(20)31/h4-16,27H,3,17H2,1-2H3/b25-16-. The van der Waals surface area contributed by atoms with Gasteiger partial charge in [-0.1, -0.05) is 89.1 Å². The van der Waals surface area contributed by atoms with Crippen molar-refractivity contribution in [1.29, 1.82) is 0 Å². The molecule has 0 fully saturated rings. The molecule has 0 saturated heterocycles. The third-order valence-electron chi connectivity index (χ3n) is 6.26. The lowest BCUT2D eigenvalue weighted by Crippen LogP contribution is -2.40. The van der Waals surface area contributed by atoms with Crippen molar-refractivity contribution in [3.63, 3.8) is 0 Å². The number of halogens is 2. The number of nitrogens with zero attached hydrogens (tertiary/aromatic N) is 2. The van der Waals surface area contributed by atoms with Gasteiger partial charge in [-0.3, -0.25) is 9.36 Å². The highest BCUT2D eigenvalue weighted by molar-refractivity contribution is 7.07. The number of carbonyl (C=O) groups is 1. The summed E-state index contributed by atoms with van der Waals surface area (Å²) in [6, 6.07) is 21.3. The third kappa shape index (κ3) is 5.43. The smallest absolute Gasteiger partial charge is 0.338 e. The normalized spacial score (nSPS) is 15.1. The van der Waals surface area contributed by atoms with E-state index in [-0.39, 0.29) is 24.3 Å². The van der Waals surface area contributed by atoms with Crippen molar-refractivity contribution in [2.24, 2.45) is 4.99 Å². The molecule has 1 aliphatic rings. The second-order valence-corrected chi connectivity index (χ2v) is 10.6. The van der Waals surface area contributed by atoms with Gasteiger partial charge in [-0.2, -0.15) is 0 Å². The predicted molar refractivity (Wildman–Crippen MR) is 154 cm³/mol. The van der Waals surface area contributed by atoms with Gasteiger partial charge >= 0.3 is 5.97 Å². The maximum Gasteiger partial charge on any atom is 0.338 e. The fourth-order valence-electron chi connectivity index (χ4n) is 4.43. The molecule has 0 aliphatic carbocycles. The van der Waals surface area contributed by atoms with E-state index in [1.807, 2.05) is 54.6 Å². The number of hydrogen-bond donors (Lipinski definition) is 0. The highest BCUT2D eigenvalue weighted by atomic mass is 35.5. The molecule has 0 N–H and O–H groups in total. The number of carbonyl (C=O) groups excluding carboxylic acids is 1. The first-order valence-corrected chi connectivity index (χ1v) is 13.9. The summed E-state index contributed by atoms with van der Waals surface area (Å²) in [7, 11) is 0. The van der Waals surface area contributed by atoms with Crippen molar-refractivity contribution in [1.82, 2.24) is 4.57 Å². The van der Waals surface area contributed by atoms with Gasteiger partial charge in [0.05, 0.1) is 22.4 Å². The van der Waals surface area contributed by atoms with Gasteiger partial charge in [-0.25, -0.2) is 9.79 Å². The molecule has 4 aromatic rings. The van der Waals surface area contributed by atoms with Gasteiger partial charge in [-0.05, 0) is 43.7 Å². The number of hydrogen-bond acceptors (Lipinski definition) is 6. The fraction of sp³-hybridized carbons (Fsp3) is 0.167. The van der Waals surface area contributed by atoms with Crippen LogP contribution in [0.4, 0.5) is 0 Å². The Morgan fingerprint density at radius 2 is 1.72 bits per heavy atom. The number of rotatable bonds is 7. The molecule has 39 heavy (non-hydrogen) atoms. The number of ether oxygens (including phenoxy) is 2. The molecule has 0 bridgehead atoms. The van der Waals surface area contributed by atoms with E-state index < -0.39 is 12.0 Å². The second kappa shape index (κ2) is 11.6. The maximum absolute atomic E-state index is 13.9. The summed E-state index contributed by atoms with van der Waals surface area (Å²) in [6.45, 7) is 3.95. The van der Waals surface area contributed by atoms with E-state index in [1.54, 1.807) is 38.1 Å². The monoisotopic (exact) mass is 578 g/mol. The minimum Gasteiger partial charge on any atom is -0.488 e. The van der Waals surface area contributed by atoms with Crippen LogP contribution >= 0.6 is 34.5 Å². The van der Waals surface area contributed by atoms with E-state index in [2.05, 4.69) is 4.99 Å². The molecule has 3 aromatic carbocycles. The molecule has 6 nitrogen and oxygen atoms in total. The average Bonchev–Trinajstić information content (AvgIpc) is 3.22. The maximum atomic E-state index is 13.9. The SMILES string of the molecule is CCOC(=O)C1=C(C)N=c2s/c(=C\c3ccccc3OCc3ccccc3Cl)c(=O)n2C1c1ccccc1Cl. The lowest BCUT2D eigenvalue weighted by atomic mass is 9.96. The molecule has 2 heterocycles. The molecule has 0 radical (unpaired) electrons. The first-order chi connectivity index (χ1) is 18.9. The minimum absolute atomic E-state index is 0.195. The number of esters is 1. The van der Waals surface area contributed by atoms with Crippen LogP contribution in [0.3, 0.4) is 0 Å². The summed E-state index contributed by atoms with van der Waals surface area (Å²) in [5, 5.41) is 1.06. The van der Waals surface area contributed by atoms with E-state index in [1.165, 1.54) is 15.9 Å². The topological polar surface area (TPSA) is 69.9 Å². The summed E-state index contributed by atoms with van der Waals surface area (Å²) in [4.78, 5) is 32.0. The van der Waals surface area contributed by atoms with Crippen LogP contribution in [-0.2, 0) is 16.1 Å². The number of aromatic nitrogens is 1. The van der Waals surface area contributed by atoms with Gasteiger partial charge in [0.1, 0.15) is 18.4 Å². The molecule has 0 amide bonds. The molecule has 0 spiro atoms. The molecular weight excluding hydrogens is 555 g/mol. The summed E-state index contributed by atoms with van der Waals surface area (Å²) in [6.07, 6.45) is 1.78. The van der Waals surface area contributed by atoms with Gasteiger partial charge < -0.3 is 9.47 Å². The first-order valence-electron chi connectivity index (χ1n) is 12.3. The molecule has 1 aromatic heterocycles. The Kier molecular flexibility index (Phi) is 8.02. The Morgan fingerprint density at radius 3 is 2.46 bits per heavy atom. The average molecular weight is 580 g/mol. The van der Waals surface area contributed by atoms with Gasteiger partial charge in [0.25, 0.3) is 5.56 Å². The molecule has 1 unspecified atom stereocenters. The van der Waals surface area contributed by atoms with Gasteiger partial charge in [0, 0.05) is 21.2 Å². The second-order valence-electron chi connectivity index (χ2n) is 8.74. The van der Waals surface area contributed by atoms with Crippen LogP contribution in [0.15, 0.2) is 93.9 Å². The molecular formula is C30H24Cl2N2O4S. The van der Waals surface area contributed by atoms with E-state index in [0.717, 1.165) is 11.1 Å². The molecule has 9 heteroatoms. The summed E-state index contributed by atoms with van der Waals surface area (Å²) in [5.41, 5.74) is 2.68. The number of thiazole rings is 1. The van der Waals surface area contributed by atoms with Crippen molar-refractivity contribution in [3.8, 4) is 5.75 Å².